The maximum absolute atomic E-state index is 13.2. The molecular formula is C25H41N3O4. The molecule has 1 saturated heterocycles. The largest absolute Gasteiger partial charge is 0.444 e. The summed E-state index contributed by atoms with van der Waals surface area (Å²) < 4.78 is 11.2. The number of benzene rings is 1. The van der Waals surface area contributed by atoms with Crippen LogP contribution >= 0.6 is 0 Å². The summed E-state index contributed by atoms with van der Waals surface area (Å²) in [5, 5.41) is 2.84. The molecule has 0 unspecified atom stereocenters. The SMILES string of the molecule is CC(C)N1CCC(N(Cc2ccccc2NC(=O)OC(C)(C)C)C(=O)OC(C)(C)C)CC1. The Morgan fingerprint density at radius 3 is 2.12 bits per heavy atom. The van der Waals surface area contributed by atoms with E-state index in [1.54, 1.807) is 0 Å². The number of rotatable bonds is 5. The highest BCUT2D eigenvalue weighted by Crippen LogP contribution is 2.26. The Bertz CT molecular complexity index is 772. The highest BCUT2D eigenvalue weighted by atomic mass is 16.6. The van der Waals surface area contributed by atoms with Crippen molar-refractivity contribution in [2.24, 2.45) is 0 Å². The van der Waals surface area contributed by atoms with Crippen LogP contribution in [0.2, 0.25) is 0 Å². The van der Waals surface area contributed by atoms with Gasteiger partial charge in [-0.05, 0) is 79.9 Å². The van der Waals surface area contributed by atoms with E-state index in [2.05, 4.69) is 24.1 Å². The molecule has 2 amide bonds. The lowest BCUT2D eigenvalue weighted by atomic mass is 10.0. The van der Waals surface area contributed by atoms with Crippen LogP contribution in [0, 0.1) is 0 Å². The van der Waals surface area contributed by atoms with Gasteiger partial charge in [0.15, 0.2) is 0 Å². The predicted octanol–water partition coefficient (Wildman–Crippen LogP) is 5.64. The van der Waals surface area contributed by atoms with Gasteiger partial charge in [-0.1, -0.05) is 18.2 Å². The van der Waals surface area contributed by atoms with Crippen LogP contribution in [-0.4, -0.2) is 58.4 Å². The topological polar surface area (TPSA) is 71.1 Å². The van der Waals surface area contributed by atoms with Crippen LogP contribution in [0.1, 0.15) is 73.8 Å². The number of nitrogens with zero attached hydrogens (tertiary/aromatic N) is 2. The zero-order chi connectivity index (χ0) is 24.1. The number of carbonyl (C=O) groups excluding carboxylic acids is 2. The van der Waals surface area contributed by atoms with Crippen LogP contribution in [0.3, 0.4) is 0 Å². The standard InChI is InChI=1S/C25H41N3O4/c1-18(2)27-15-13-20(14-16-27)28(23(30)32-25(6,7)8)17-19-11-9-10-12-21(19)26-22(29)31-24(3,4)5/h9-12,18,20H,13-17H2,1-8H3,(H,26,29). The molecule has 0 spiro atoms. The molecule has 0 aliphatic carbocycles. The maximum atomic E-state index is 13.2. The van der Waals surface area contributed by atoms with E-state index < -0.39 is 17.3 Å². The minimum absolute atomic E-state index is 0.0782. The van der Waals surface area contributed by atoms with Crippen molar-refractivity contribution in [3.8, 4) is 0 Å². The minimum atomic E-state index is -0.591. The zero-order valence-corrected chi connectivity index (χ0v) is 21.0. The molecule has 1 N–H and O–H groups in total. The number of ether oxygens (including phenoxy) is 2. The Kier molecular flexibility index (Phi) is 8.57. The lowest BCUT2D eigenvalue weighted by Crippen LogP contribution is -2.49. The molecule has 7 nitrogen and oxygen atoms in total. The number of carbonyl (C=O) groups is 2. The number of amides is 2. The van der Waals surface area contributed by atoms with Gasteiger partial charge in [-0.15, -0.1) is 0 Å². The lowest BCUT2D eigenvalue weighted by Gasteiger charge is -2.40. The van der Waals surface area contributed by atoms with Crippen molar-refractivity contribution < 1.29 is 19.1 Å². The molecule has 0 saturated carbocycles. The third kappa shape index (κ3) is 8.34. The molecule has 7 heteroatoms. The molecule has 1 aromatic carbocycles. The van der Waals surface area contributed by atoms with Crippen molar-refractivity contribution in [3.63, 3.8) is 0 Å². The zero-order valence-electron chi connectivity index (χ0n) is 21.0. The second kappa shape index (κ2) is 10.6. The number of anilines is 1. The fourth-order valence-corrected chi connectivity index (χ4v) is 3.75. The van der Waals surface area contributed by atoms with E-state index in [-0.39, 0.29) is 12.1 Å². The van der Waals surface area contributed by atoms with Crippen LogP contribution in [0.15, 0.2) is 24.3 Å². The van der Waals surface area contributed by atoms with E-state index >= 15 is 0 Å². The fraction of sp³-hybridized carbons (Fsp3) is 0.680. The number of para-hydroxylation sites is 1. The van der Waals surface area contributed by atoms with E-state index in [1.807, 2.05) is 70.7 Å². The predicted molar refractivity (Wildman–Crippen MR) is 128 cm³/mol. The molecule has 0 atom stereocenters. The molecule has 2 rings (SSSR count). The van der Waals surface area contributed by atoms with Crippen LogP contribution in [0.5, 0.6) is 0 Å². The van der Waals surface area contributed by atoms with Gasteiger partial charge in [0.05, 0.1) is 6.54 Å². The summed E-state index contributed by atoms with van der Waals surface area (Å²) in [6, 6.07) is 8.08. The van der Waals surface area contributed by atoms with Gasteiger partial charge < -0.3 is 19.3 Å². The van der Waals surface area contributed by atoms with Gasteiger partial charge in [0.2, 0.25) is 0 Å². The normalized spacial score (nSPS) is 16.0. The van der Waals surface area contributed by atoms with Crippen LogP contribution in [0.25, 0.3) is 0 Å². The molecule has 1 heterocycles. The van der Waals surface area contributed by atoms with E-state index in [1.165, 1.54) is 0 Å². The van der Waals surface area contributed by atoms with Crippen LogP contribution < -0.4 is 5.32 Å². The molecule has 1 fully saturated rings. The van der Waals surface area contributed by atoms with Crippen LogP contribution in [0.4, 0.5) is 15.3 Å². The first kappa shape index (κ1) is 26.0. The average molecular weight is 448 g/mol. The smallest absolute Gasteiger partial charge is 0.412 e. The number of nitrogens with one attached hydrogen (secondary N) is 1. The molecule has 0 aromatic heterocycles. The summed E-state index contributed by atoms with van der Waals surface area (Å²) >= 11 is 0. The highest BCUT2D eigenvalue weighted by molar-refractivity contribution is 5.86. The van der Waals surface area contributed by atoms with Crippen molar-refractivity contribution in [3.05, 3.63) is 29.8 Å². The lowest BCUT2D eigenvalue weighted by molar-refractivity contribution is 0.00436. The summed E-state index contributed by atoms with van der Waals surface area (Å²) in [4.78, 5) is 29.8. The Labute approximate surface area is 193 Å². The Hall–Kier alpha value is -2.28. The molecule has 1 aliphatic rings. The van der Waals surface area contributed by atoms with Gasteiger partial charge in [-0.3, -0.25) is 5.32 Å². The highest BCUT2D eigenvalue weighted by Gasteiger charge is 2.32. The van der Waals surface area contributed by atoms with E-state index in [4.69, 9.17) is 9.47 Å². The van der Waals surface area contributed by atoms with Gasteiger partial charge in [-0.25, -0.2) is 9.59 Å². The molecule has 1 aromatic rings. The molecule has 0 bridgehead atoms. The fourth-order valence-electron chi connectivity index (χ4n) is 3.75. The summed E-state index contributed by atoms with van der Waals surface area (Å²) in [7, 11) is 0. The summed E-state index contributed by atoms with van der Waals surface area (Å²) in [5.74, 6) is 0. The molecule has 180 valence electrons. The first-order chi connectivity index (χ1) is 14.7. The van der Waals surface area contributed by atoms with Crippen molar-refractivity contribution in [1.29, 1.82) is 0 Å². The first-order valence-electron chi connectivity index (χ1n) is 11.6. The molecular weight excluding hydrogens is 406 g/mol. The molecule has 1 aliphatic heterocycles. The van der Waals surface area contributed by atoms with Crippen LogP contribution in [-0.2, 0) is 16.0 Å². The van der Waals surface area contributed by atoms with Crippen molar-refractivity contribution in [2.75, 3.05) is 18.4 Å². The average Bonchev–Trinajstić information content (AvgIpc) is 2.64. The Balaban J connectivity index is 2.22. The van der Waals surface area contributed by atoms with E-state index in [0.717, 1.165) is 31.5 Å². The van der Waals surface area contributed by atoms with Crippen molar-refractivity contribution in [2.45, 2.75) is 98.1 Å². The second-order valence-corrected chi connectivity index (χ2v) is 10.8. The Morgan fingerprint density at radius 1 is 1.03 bits per heavy atom. The monoisotopic (exact) mass is 447 g/mol. The number of hydrogen-bond donors (Lipinski definition) is 1. The molecule has 32 heavy (non-hydrogen) atoms. The minimum Gasteiger partial charge on any atom is -0.444 e. The van der Waals surface area contributed by atoms with E-state index in [0.29, 0.717) is 18.3 Å². The number of likely N-dealkylation sites (tertiary alicyclic amines) is 1. The van der Waals surface area contributed by atoms with Gasteiger partial charge >= 0.3 is 12.2 Å². The second-order valence-electron chi connectivity index (χ2n) is 10.8. The summed E-state index contributed by atoms with van der Waals surface area (Å²) in [6.45, 7) is 17.7. The Morgan fingerprint density at radius 2 is 1.59 bits per heavy atom. The third-order valence-electron chi connectivity index (χ3n) is 5.29. The maximum Gasteiger partial charge on any atom is 0.412 e. The molecule has 0 radical (unpaired) electrons. The van der Waals surface area contributed by atoms with Gasteiger partial charge in [-0.2, -0.15) is 0 Å². The van der Waals surface area contributed by atoms with E-state index in [9.17, 15) is 9.59 Å². The van der Waals surface area contributed by atoms with Gasteiger partial charge in [0.1, 0.15) is 11.2 Å². The number of piperidine rings is 1. The summed E-state index contributed by atoms with van der Waals surface area (Å²) in [5.41, 5.74) is 0.305. The summed E-state index contributed by atoms with van der Waals surface area (Å²) in [6.07, 6.45) is 0.935. The van der Waals surface area contributed by atoms with Crippen molar-refractivity contribution in [1.82, 2.24) is 9.80 Å². The first-order valence-corrected chi connectivity index (χ1v) is 11.6. The number of hydrogen-bond acceptors (Lipinski definition) is 5. The third-order valence-corrected chi connectivity index (χ3v) is 5.29. The van der Waals surface area contributed by atoms with Gasteiger partial charge in [0.25, 0.3) is 0 Å². The quantitative estimate of drug-likeness (QED) is 0.632. The van der Waals surface area contributed by atoms with Crippen molar-refractivity contribution >= 4 is 17.9 Å². The van der Waals surface area contributed by atoms with Gasteiger partial charge in [0, 0.05) is 30.9 Å².